The zero-order valence-corrected chi connectivity index (χ0v) is 12.9. The second-order valence-corrected chi connectivity index (χ2v) is 5.22. The molecule has 110 valence electrons. The average molecular weight is 282 g/mol. The minimum absolute atomic E-state index is 0.241. The van der Waals surface area contributed by atoms with Crippen LogP contribution in [0.1, 0.15) is 26.3 Å². The van der Waals surface area contributed by atoms with Gasteiger partial charge < -0.3 is 10.2 Å². The molecule has 0 amide bonds. The predicted molar refractivity (Wildman–Crippen MR) is 87.3 cm³/mol. The molecule has 0 aliphatic rings. The number of rotatable bonds is 6. The number of nitrogens with zero attached hydrogens (tertiary/aromatic N) is 3. The van der Waals surface area contributed by atoms with Gasteiger partial charge in [0.15, 0.2) is 0 Å². The maximum atomic E-state index is 9.32. The van der Waals surface area contributed by atoms with E-state index >= 15 is 0 Å². The summed E-state index contributed by atoms with van der Waals surface area (Å²) in [6.07, 6.45) is 0. The summed E-state index contributed by atoms with van der Waals surface area (Å²) in [6, 6.07) is 12.2. The molecule has 1 aromatic heterocycles. The number of anilines is 1. The fraction of sp³-hybridized carbons (Fsp3) is 0.412. The third kappa shape index (κ3) is 3.71. The standard InChI is InChI=1S/C17H22N4/c1-4-21(5-2)12-13(3)19-17-15(11-18)10-14-8-6-7-9-16(14)20-17/h6-10,13H,4-5,12H2,1-3H3,(H,19,20). The number of fused-ring (bicyclic) bond motifs is 1. The molecular weight excluding hydrogens is 260 g/mol. The summed E-state index contributed by atoms with van der Waals surface area (Å²) in [5, 5.41) is 13.7. The molecule has 0 aliphatic heterocycles. The van der Waals surface area contributed by atoms with Crippen molar-refractivity contribution in [3.63, 3.8) is 0 Å². The van der Waals surface area contributed by atoms with Crippen LogP contribution in [-0.4, -0.2) is 35.6 Å². The molecule has 0 radical (unpaired) electrons. The SMILES string of the molecule is CCN(CC)CC(C)Nc1nc2ccccc2cc1C#N. The van der Waals surface area contributed by atoms with E-state index in [1.807, 2.05) is 30.3 Å². The highest BCUT2D eigenvalue weighted by atomic mass is 15.1. The van der Waals surface area contributed by atoms with E-state index < -0.39 is 0 Å². The van der Waals surface area contributed by atoms with E-state index in [0.717, 1.165) is 30.5 Å². The Morgan fingerprint density at radius 3 is 2.67 bits per heavy atom. The minimum atomic E-state index is 0.241. The lowest BCUT2D eigenvalue weighted by Crippen LogP contribution is -2.35. The quantitative estimate of drug-likeness (QED) is 0.883. The van der Waals surface area contributed by atoms with Gasteiger partial charge in [-0.1, -0.05) is 32.0 Å². The van der Waals surface area contributed by atoms with Crippen LogP contribution in [-0.2, 0) is 0 Å². The lowest BCUT2D eigenvalue weighted by Gasteiger charge is -2.24. The van der Waals surface area contributed by atoms with Crippen LogP contribution in [0.2, 0.25) is 0 Å². The number of benzene rings is 1. The van der Waals surface area contributed by atoms with Gasteiger partial charge in [-0.25, -0.2) is 4.98 Å². The average Bonchev–Trinajstić information content (AvgIpc) is 2.51. The highest BCUT2D eigenvalue weighted by molar-refractivity contribution is 5.82. The van der Waals surface area contributed by atoms with Crippen molar-refractivity contribution in [1.82, 2.24) is 9.88 Å². The first-order valence-electron chi connectivity index (χ1n) is 7.46. The van der Waals surface area contributed by atoms with E-state index in [1.54, 1.807) is 0 Å². The van der Waals surface area contributed by atoms with E-state index in [0.29, 0.717) is 11.4 Å². The zero-order valence-electron chi connectivity index (χ0n) is 12.9. The Kier molecular flexibility index (Phi) is 5.13. The van der Waals surface area contributed by atoms with Crippen molar-refractivity contribution in [3.05, 3.63) is 35.9 Å². The summed E-state index contributed by atoms with van der Waals surface area (Å²) in [5.41, 5.74) is 1.51. The van der Waals surface area contributed by atoms with Crippen LogP contribution in [0.4, 0.5) is 5.82 Å². The fourth-order valence-electron chi connectivity index (χ4n) is 2.46. The van der Waals surface area contributed by atoms with E-state index in [-0.39, 0.29) is 6.04 Å². The van der Waals surface area contributed by atoms with Gasteiger partial charge in [-0.05, 0) is 32.1 Å². The summed E-state index contributed by atoms with van der Waals surface area (Å²) >= 11 is 0. The van der Waals surface area contributed by atoms with Crippen LogP contribution in [0.5, 0.6) is 0 Å². The number of likely N-dealkylation sites (N-methyl/N-ethyl adjacent to an activating group) is 1. The van der Waals surface area contributed by atoms with Crippen LogP contribution in [0.15, 0.2) is 30.3 Å². The molecule has 0 saturated carbocycles. The van der Waals surface area contributed by atoms with Crippen LogP contribution in [0.3, 0.4) is 0 Å². The lowest BCUT2D eigenvalue weighted by molar-refractivity contribution is 0.294. The van der Waals surface area contributed by atoms with Crippen LogP contribution < -0.4 is 5.32 Å². The first-order valence-corrected chi connectivity index (χ1v) is 7.46. The second kappa shape index (κ2) is 7.05. The van der Waals surface area contributed by atoms with Gasteiger partial charge in [0.1, 0.15) is 11.9 Å². The van der Waals surface area contributed by atoms with Crippen LogP contribution >= 0.6 is 0 Å². The monoisotopic (exact) mass is 282 g/mol. The molecule has 4 nitrogen and oxygen atoms in total. The highest BCUT2D eigenvalue weighted by Gasteiger charge is 2.11. The van der Waals surface area contributed by atoms with Crippen molar-refractivity contribution in [2.45, 2.75) is 26.8 Å². The molecule has 1 unspecified atom stereocenters. The molecular formula is C17H22N4. The van der Waals surface area contributed by atoms with Gasteiger partial charge in [0.05, 0.1) is 11.1 Å². The number of para-hydroxylation sites is 1. The van der Waals surface area contributed by atoms with Gasteiger partial charge in [-0.15, -0.1) is 0 Å². The second-order valence-electron chi connectivity index (χ2n) is 5.22. The van der Waals surface area contributed by atoms with Crippen LogP contribution in [0.25, 0.3) is 10.9 Å². The van der Waals surface area contributed by atoms with E-state index in [2.05, 4.69) is 42.0 Å². The number of hydrogen-bond acceptors (Lipinski definition) is 4. The van der Waals surface area contributed by atoms with E-state index in [9.17, 15) is 5.26 Å². The Morgan fingerprint density at radius 2 is 2.00 bits per heavy atom. The summed E-state index contributed by atoms with van der Waals surface area (Å²) < 4.78 is 0. The van der Waals surface area contributed by atoms with Gasteiger partial charge in [0.2, 0.25) is 0 Å². The minimum Gasteiger partial charge on any atom is -0.365 e. The molecule has 1 aromatic carbocycles. The zero-order chi connectivity index (χ0) is 15.2. The number of nitriles is 1. The predicted octanol–water partition coefficient (Wildman–Crippen LogP) is 3.25. The molecule has 1 N–H and O–H groups in total. The summed E-state index contributed by atoms with van der Waals surface area (Å²) in [4.78, 5) is 6.94. The third-order valence-electron chi connectivity index (χ3n) is 3.65. The first kappa shape index (κ1) is 15.3. The van der Waals surface area contributed by atoms with Gasteiger partial charge >= 0.3 is 0 Å². The fourth-order valence-corrected chi connectivity index (χ4v) is 2.46. The molecule has 1 atom stereocenters. The van der Waals surface area contributed by atoms with Crippen molar-refractivity contribution in [1.29, 1.82) is 5.26 Å². The van der Waals surface area contributed by atoms with E-state index in [4.69, 9.17) is 0 Å². The van der Waals surface area contributed by atoms with Crippen molar-refractivity contribution in [2.75, 3.05) is 25.0 Å². The summed E-state index contributed by atoms with van der Waals surface area (Å²) in [7, 11) is 0. The number of pyridine rings is 1. The molecule has 0 spiro atoms. The molecule has 1 heterocycles. The molecule has 0 bridgehead atoms. The van der Waals surface area contributed by atoms with Gasteiger partial charge in [0.25, 0.3) is 0 Å². The normalized spacial score (nSPS) is 12.3. The maximum Gasteiger partial charge on any atom is 0.144 e. The smallest absolute Gasteiger partial charge is 0.144 e. The summed E-state index contributed by atoms with van der Waals surface area (Å²) in [6.45, 7) is 9.43. The number of hydrogen-bond donors (Lipinski definition) is 1. The Labute approximate surface area is 126 Å². The Morgan fingerprint density at radius 1 is 1.29 bits per heavy atom. The topological polar surface area (TPSA) is 52.0 Å². The third-order valence-corrected chi connectivity index (χ3v) is 3.65. The molecule has 0 saturated heterocycles. The molecule has 4 heteroatoms. The van der Waals surface area contributed by atoms with Gasteiger partial charge in [0, 0.05) is 18.0 Å². The number of nitrogens with one attached hydrogen (secondary N) is 1. The van der Waals surface area contributed by atoms with Gasteiger partial charge in [-0.3, -0.25) is 0 Å². The molecule has 21 heavy (non-hydrogen) atoms. The Hall–Kier alpha value is -2.12. The Bertz CT molecular complexity index is 641. The van der Waals surface area contributed by atoms with Crippen molar-refractivity contribution < 1.29 is 0 Å². The van der Waals surface area contributed by atoms with E-state index in [1.165, 1.54) is 0 Å². The first-order chi connectivity index (χ1) is 10.2. The largest absolute Gasteiger partial charge is 0.365 e. The molecule has 2 aromatic rings. The maximum absolute atomic E-state index is 9.32. The molecule has 0 aliphatic carbocycles. The van der Waals surface area contributed by atoms with Gasteiger partial charge in [-0.2, -0.15) is 5.26 Å². The van der Waals surface area contributed by atoms with Crippen molar-refractivity contribution in [2.24, 2.45) is 0 Å². The highest BCUT2D eigenvalue weighted by Crippen LogP contribution is 2.20. The Balaban J connectivity index is 2.23. The van der Waals surface area contributed by atoms with Crippen molar-refractivity contribution >= 4 is 16.7 Å². The van der Waals surface area contributed by atoms with Crippen molar-refractivity contribution in [3.8, 4) is 6.07 Å². The summed E-state index contributed by atoms with van der Waals surface area (Å²) in [5.74, 6) is 0.677. The lowest BCUT2D eigenvalue weighted by atomic mass is 10.1. The van der Waals surface area contributed by atoms with Crippen LogP contribution in [0, 0.1) is 11.3 Å². The molecule has 2 rings (SSSR count). The number of aromatic nitrogens is 1. The molecule has 0 fully saturated rings.